The molecule has 19 heteroatoms. The Kier molecular flexibility index (Phi) is 14.2. The average molecular weight is 1090 g/mol. The molecule has 410 valence electrons. The zero-order chi connectivity index (χ0) is 55.5. The number of benzene rings is 4. The molecule has 1 aliphatic carbocycles. The van der Waals surface area contributed by atoms with Gasteiger partial charge in [0, 0.05) is 81.4 Å². The van der Waals surface area contributed by atoms with Gasteiger partial charge in [0.25, 0.3) is 11.8 Å². The molecule has 7 aromatic rings. The van der Waals surface area contributed by atoms with Gasteiger partial charge < -0.3 is 24.5 Å². The van der Waals surface area contributed by atoms with E-state index in [2.05, 4.69) is 25.6 Å². The number of hydrogen-bond acceptors (Lipinski definition) is 12. The van der Waals surface area contributed by atoms with E-state index >= 15 is 8.78 Å². The number of halogens is 2. The van der Waals surface area contributed by atoms with Crippen molar-refractivity contribution < 1.29 is 42.6 Å². The Balaban J connectivity index is 0.728. The summed E-state index contributed by atoms with van der Waals surface area (Å²) < 4.78 is 41.1. The van der Waals surface area contributed by atoms with Gasteiger partial charge in [0.1, 0.15) is 11.6 Å². The Labute approximate surface area is 460 Å². The molecule has 3 fully saturated rings. The minimum atomic E-state index is -3.53. The third kappa shape index (κ3) is 10.6. The smallest absolute Gasteiger partial charge is 0.355 e. The predicted octanol–water partition coefficient (Wildman–Crippen LogP) is 10.2. The summed E-state index contributed by atoms with van der Waals surface area (Å²) in [5.74, 6) is -6.61. The van der Waals surface area contributed by atoms with Crippen LogP contribution in [0.3, 0.4) is 0 Å². The van der Waals surface area contributed by atoms with E-state index < -0.39 is 35.6 Å². The number of hydrogen-bond donors (Lipinski definition) is 3. The van der Waals surface area contributed by atoms with Crippen LogP contribution in [-0.2, 0) is 39.8 Å². The molecule has 1 saturated carbocycles. The van der Waals surface area contributed by atoms with Gasteiger partial charge >= 0.3 is 11.9 Å². The highest BCUT2D eigenvalue weighted by Crippen LogP contribution is 2.43. The third-order valence-corrected chi connectivity index (χ3v) is 17.2. The van der Waals surface area contributed by atoms with E-state index in [1.54, 1.807) is 17.8 Å². The number of aromatic nitrogens is 4. The van der Waals surface area contributed by atoms with Gasteiger partial charge in [-0.3, -0.25) is 34.5 Å². The molecule has 3 N–H and O–H groups in total. The fourth-order valence-corrected chi connectivity index (χ4v) is 12.8. The Morgan fingerprint density at radius 1 is 0.861 bits per heavy atom. The highest BCUT2D eigenvalue weighted by atomic mass is 32.1. The fraction of sp³-hybridized carbons (Fsp3) is 0.400. The number of alkyl halides is 2. The number of carbonyl (C=O) groups excluding carboxylic acids is 4. The maximum atomic E-state index is 15.9. The van der Waals surface area contributed by atoms with Crippen molar-refractivity contribution in [3.63, 3.8) is 0 Å². The summed E-state index contributed by atoms with van der Waals surface area (Å²) >= 11 is 1.41. The number of pyridine rings is 1. The fourth-order valence-electron chi connectivity index (χ4n) is 12.0. The van der Waals surface area contributed by atoms with Crippen molar-refractivity contribution in [2.75, 3.05) is 47.8 Å². The molecule has 3 aliphatic heterocycles. The zero-order valence-electron chi connectivity index (χ0n) is 44.9. The zero-order valence-corrected chi connectivity index (χ0v) is 45.7. The van der Waals surface area contributed by atoms with Gasteiger partial charge in [0.2, 0.25) is 11.8 Å². The first kappa shape index (κ1) is 53.2. The van der Waals surface area contributed by atoms with Crippen LogP contribution in [0.4, 0.5) is 25.4 Å². The molecule has 0 bridgehead atoms. The normalized spacial score (nSPS) is 19.1. The molecule has 16 nitrogen and oxygen atoms in total. The predicted molar refractivity (Wildman–Crippen MR) is 299 cm³/mol. The number of nitrogens with zero attached hydrogens (tertiary/aromatic N) is 7. The number of thiazole rings is 1. The van der Waals surface area contributed by atoms with Crippen LogP contribution in [-0.4, -0.2) is 104 Å². The van der Waals surface area contributed by atoms with E-state index in [1.807, 2.05) is 111 Å². The molecule has 0 spiro atoms. The number of ether oxygens (including phenoxy) is 1. The number of carbonyl (C=O) groups is 5. The summed E-state index contributed by atoms with van der Waals surface area (Å²) in [6.45, 7) is 9.96. The lowest BCUT2D eigenvalue weighted by Gasteiger charge is -2.38. The Bertz CT molecular complexity index is 3540. The number of aryl methyl sites for hydroxylation is 1. The molecule has 4 aliphatic rings. The summed E-state index contributed by atoms with van der Waals surface area (Å²) in [5.41, 5.74) is 7.54. The number of carboxylic acids is 1. The minimum absolute atomic E-state index is 0.0979. The number of fused-ring (bicyclic) bond motifs is 3. The van der Waals surface area contributed by atoms with Crippen LogP contribution >= 0.6 is 11.3 Å². The van der Waals surface area contributed by atoms with Crippen molar-refractivity contribution in [1.82, 2.24) is 30.0 Å². The van der Waals surface area contributed by atoms with E-state index in [1.165, 1.54) is 16.2 Å². The minimum Gasteiger partial charge on any atom is -0.490 e. The highest BCUT2D eigenvalue weighted by Gasteiger charge is 2.45. The molecule has 4 aromatic carbocycles. The lowest BCUT2D eigenvalue weighted by Crippen LogP contribution is -2.53. The van der Waals surface area contributed by atoms with Gasteiger partial charge in [-0.2, -0.15) is 13.9 Å². The first-order chi connectivity index (χ1) is 37.8. The molecule has 0 radical (unpaired) electrons. The summed E-state index contributed by atoms with van der Waals surface area (Å²) in [6, 6.07) is 26.7. The van der Waals surface area contributed by atoms with E-state index in [4.69, 9.17) is 9.72 Å². The number of piperazine rings is 1. The van der Waals surface area contributed by atoms with Gasteiger partial charge in [-0.05, 0) is 133 Å². The number of amides is 4. The summed E-state index contributed by atoms with van der Waals surface area (Å²) in [6.07, 6.45) is 2.40. The third-order valence-electron chi connectivity index (χ3n) is 16.2. The number of carboxylic acid groups (broad SMARTS) is 1. The van der Waals surface area contributed by atoms with Crippen LogP contribution in [0.2, 0.25) is 0 Å². The molecular weight excluding hydrogens is 1030 g/mol. The monoisotopic (exact) mass is 1090 g/mol. The second kappa shape index (κ2) is 21.1. The Morgan fingerprint density at radius 2 is 1.62 bits per heavy atom. The molecule has 4 amide bonds. The van der Waals surface area contributed by atoms with Gasteiger partial charge in [-0.1, -0.05) is 68.5 Å². The molecule has 3 aromatic heterocycles. The molecule has 1 atom stereocenters. The van der Waals surface area contributed by atoms with Gasteiger partial charge in [-0.25, -0.2) is 14.8 Å². The Hall–Kier alpha value is -7.80. The lowest BCUT2D eigenvalue weighted by atomic mass is 9.80. The van der Waals surface area contributed by atoms with E-state index in [-0.39, 0.29) is 54.9 Å². The number of piperidine rings is 1. The standard InChI is InChI=1S/C60H63F2N9O7S/c1-34-39(51-44(59(2,3)4)31-49(64-53(51)56(75)76)71-25-24-36-10-8-12-40(43(36)33-71)54(73)66-58-63-45-13-6-7-15-48(45)79-58)11-9-14-47(34)78-38-19-16-35(17-20-38)32-60(61,62)57(77)70-28-26-69(27-29-70)37-18-21-41-46(30-37)68(5)67-52(41)42-22-23-50(72)65-55(42)74/h6-15,18,21,30-31,35,38,42H,16-17,19-20,22-29,32-33H2,1-5H3,(H,75,76)(H,63,66,73)(H,65,72,74). The van der Waals surface area contributed by atoms with Crippen LogP contribution in [0, 0.1) is 12.8 Å². The van der Waals surface area contributed by atoms with E-state index in [9.17, 15) is 29.1 Å². The molecule has 79 heavy (non-hydrogen) atoms. The first-order valence-electron chi connectivity index (χ1n) is 27.1. The van der Waals surface area contributed by atoms with Crippen LogP contribution in [0.25, 0.3) is 32.2 Å². The highest BCUT2D eigenvalue weighted by molar-refractivity contribution is 7.22. The quantitative estimate of drug-likeness (QED) is 0.0983. The van der Waals surface area contributed by atoms with Crippen LogP contribution in [0.15, 0.2) is 84.9 Å². The summed E-state index contributed by atoms with van der Waals surface area (Å²) in [7, 11) is 1.80. The number of imide groups is 1. The molecular formula is C60H63F2N9O7S. The Morgan fingerprint density at radius 3 is 2.35 bits per heavy atom. The average Bonchev–Trinajstić information content (AvgIpc) is 4.04. The maximum Gasteiger partial charge on any atom is 0.355 e. The van der Waals surface area contributed by atoms with Crippen LogP contribution in [0.5, 0.6) is 5.75 Å². The van der Waals surface area contributed by atoms with Crippen LogP contribution in [0.1, 0.15) is 120 Å². The number of para-hydroxylation sites is 1. The van der Waals surface area contributed by atoms with E-state index in [0.29, 0.717) is 104 Å². The lowest BCUT2D eigenvalue weighted by molar-refractivity contribution is -0.160. The van der Waals surface area contributed by atoms with Gasteiger partial charge in [-0.15, -0.1) is 0 Å². The topological polar surface area (TPSA) is 192 Å². The van der Waals surface area contributed by atoms with Crippen molar-refractivity contribution in [1.29, 1.82) is 0 Å². The number of rotatable bonds is 12. The summed E-state index contributed by atoms with van der Waals surface area (Å²) in [5, 5.41) is 22.3. The number of aromatic carboxylic acids is 1. The maximum absolute atomic E-state index is 15.9. The van der Waals surface area contributed by atoms with Crippen LogP contribution < -0.4 is 25.2 Å². The molecule has 6 heterocycles. The largest absolute Gasteiger partial charge is 0.490 e. The number of nitrogens with one attached hydrogen (secondary N) is 2. The van der Waals surface area contributed by atoms with Crippen molar-refractivity contribution in [2.24, 2.45) is 13.0 Å². The van der Waals surface area contributed by atoms with Crippen molar-refractivity contribution in [2.45, 2.75) is 109 Å². The van der Waals surface area contributed by atoms with Crippen molar-refractivity contribution >= 4 is 78.7 Å². The second-order valence-electron chi connectivity index (χ2n) is 22.5. The van der Waals surface area contributed by atoms with Crippen molar-refractivity contribution in [3.05, 3.63) is 124 Å². The SMILES string of the molecule is Cc1c(OC2CCC(CC(F)(F)C(=O)N3CCN(c4ccc5c(C6CCC(=O)NC6=O)nn(C)c5c4)CC3)CC2)cccc1-c1c(C(C)(C)C)cc(N2CCc3cccc(C(=O)Nc4nc5ccccc5s4)c3C2)nc1C(=O)O. The van der Waals surface area contributed by atoms with Gasteiger partial charge in [0.15, 0.2) is 10.8 Å². The number of anilines is 3. The summed E-state index contributed by atoms with van der Waals surface area (Å²) in [4.78, 5) is 79.9. The first-order valence-corrected chi connectivity index (χ1v) is 27.9. The molecule has 1 unspecified atom stereocenters. The van der Waals surface area contributed by atoms with Gasteiger partial charge in [0.05, 0.1) is 33.4 Å². The molecule has 11 rings (SSSR count). The van der Waals surface area contributed by atoms with E-state index in [0.717, 1.165) is 49.1 Å². The van der Waals surface area contributed by atoms with Crippen molar-refractivity contribution in [3.8, 4) is 16.9 Å². The molecule has 2 saturated heterocycles. The second-order valence-corrected chi connectivity index (χ2v) is 23.5.